The molecule has 1 aromatic carbocycles. The van der Waals surface area contributed by atoms with Crippen molar-refractivity contribution in [3.05, 3.63) is 47.7 Å². The van der Waals surface area contributed by atoms with Crippen LogP contribution in [0.25, 0.3) is 0 Å². The molecule has 106 valence electrons. The highest BCUT2D eigenvalue weighted by molar-refractivity contribution is 5.96. The Labute approximate surface area is 121 Å². The zero-order valence-corrected chi connectivity index (χ0v) is 12.0. The number of allylic oxidation sites excluding steroid dienone is 1. The molecule has 20 heavy (non-hydrogen) atoms. The van der Waals surface area contributed by atoms with Crippen molar-refractivity contribution >= 4 is 5.78 Å². The van der Waals surface area contributed by atoms with Gasteiger partial charge in [-0.2, -0.15) is 0 Å². The van der Waals surface area contributed by atoms with Crippen molar-refractivity contribution in [3.63, 3.8) is 0 Å². The lowest BCUT2D eigenvalue weighted by Crippen LogP contribution is -2.34. The summed E-state index contributed by atoms with van der Waals surface area (Å²) in [5.74, 6) is 0.348. The minimum absolute atomic E-state index is 0.226. The van der Waals surface area contributed by atoms with Crippen LogP contribution in [0.15, 0.2) is 42.1 Å². The molecule has 2 heteroatoms. The standard InChI is InChI=1S/C18H23NO/c20-17-12-18(9-5-2-6-10-18)14-19-13-16(17)11-15-7-3-1-4-8-15/h1,3-4,7-8,13,19H,2,5-6,9-12,14H2. The van der Waals surface area contributed by atoms with Crippen molar-refractivity contribution in [3.8, 4) is 0 Å². The van der Waals surface area contributed by atoms with Crippen molar-refractivity contribution in [2.45, 2.75) is 44.9 Å². The molecule has 1 saturated carbocycles. The van der Waals surface area contributed by atoms with E-state index < -0.39 is 0 Å². The van der Waals surface area contributed by atoms with Gasteiger partial charge in [-0.3, -0.25) is 4.79 Å². The zero-order valence-electron chi connectivity index (χ0n) is 12.0. The van der Waals surface area contributed by atoms with E-state index >= 15 is 0 Å². The SMILES string of the molecule is O=C1CC2(CCCCC2)CNC=C1Cc1ccccc1. The quantitative estimate of drug-likeness (QED) is 0.888. The first-order valence-corrected chi connectivity index (χ1v) is 7.77. The number of ketones is 1. The van der Waals surface area contributed by atoms with Crippen molar-refractivity contribution in [1.82, 2.24) is 5.32 Å². The summed E-state index contributed by atoms with van der Waals surface area (Å²) < 4.78 is 0. The first-order valence-electron chi connectivity index (χ1n) is 7.77. The average molecular weight is 269 g/mol. The van der Waals surface area contributed by atoms with Crippen LogP contribution in [0.1, 0.15) is 44.1 Å². The van der Waals surface area contributed by atoms with Gasteiger partial charge in [0.1, 0.15) is 0 Å². The van der Waals surface area contributed by atoms with Crippen LogP contribution in [0.2, 0.25) is 0 Å². The van der Waals surface area contributed by atoms with Gasteiger partial charge in [-0.15, -0.1) is 0 Å². The predicted octanol–water partition coefficient (Wildman–Crippen LogP) is 3.63. The Morgan fingerprint density at radius 3 is 2.55 bits per heavy atom. The van der Waals surface area contributed by atoms with Crippen LogP contribution in [-0.2, 0) is 11.2 Å². The van der Waals surface area contributed by atoms with E-state index in [2.05, 4.69) is 17.4 Å². The van der Waals surface area contributed by atoms with Crippen LogP contribution in [-0.4, -0.2) is 12.3 Å². The second-order valence-electron chi connectivity index (χ2n) is 6.37. The Hall–Kier alpha value is -1.57. The molecule has 2 aliphatic rings. The lowest BCUT2D eigenvalue weighted by atomic mass is 9.70. The van der Waals surface area contributed by atoms with Gasteiger partial charge in [-0.25, -0.2) is 0 Å². The molecule has 3 rings (SSSR count). The number of hydrogen-bond donors (Lipinski definition) is 1. The van der Waals surface area contributed by atoms with Gasteiger partial charge in [0.25, 0.3) is 0 Å². The van der Waals surface area contributed by atoms with Crippen LogP contribution in [0.3, 0.4) is 0 Å². The van der Waals surface area contributed by atoms with Gasteiger partial charge in [0.15, 0.2) is 5.78 Å². The Bertz CT molecular complexity index is 497. The van der Waals surface area contributed by atoms with E-state index in [9.17, 15) is 4.79 Å². The van der Waals surface area contributed by atoms with Crippen molar-refractivity contribution in [2.24, 2.45) is 5.41 Å². The monoisotopic (exact) mass is 269 g/mol. The summed E-state index contributed by atoms with van der Waals surface area (Å²) >= 11 is 0. The molecule has 1 N–H and O–H groups in total. The van der Waals surface area contributed by atoms with Crippen LogP contribution < -0.4 is 5.32 Å². The van der Waals surface area contributed by atoms with Crippen LogP contribution in [0.5, 0.6) is 0 Å². The van der Waals surface area contributed by atoms with Gasteiger partial charge >= 0.3 is 0 Å². The van der Waals surface area contributed by atoms with Gasteiger partial charge in [0, 0.05) is 31.2 Å². The summed E-state index contributed by atoms with van der Waals surface area (Å²) in [7, 11) is 0. The highest BCUT2D eigenvalue weighted by Crippen LogP contribution is 2.40. The number of rotatable bonds is 2. The fourth-order valence-corrected chi connectivity index (χ4v) is 3.61. The lowest BCUT2D eigenvalue weighted by Gasteiger charge is -2.35. The lowest BCUT2D eigenvalue weighted by molar-refractivity contribution is -0.118. The molecular weight excluding hydrogens is 246 g/mol. The van der Waals surface area contributed by atoms with Crippen LogP contribution in [0.4, 0.5) is 0 Å². The van der Waals surface area contributed by atoms with Crippen LogP contribution in [0, 0.1) is 5.41 Å². The molecule has 1 fully saturated rings. The normalized spacial score (nSPS) is 22.0. The summed E-state index contributed by atoms with van der Waals surface area (Å²) in [6, 6.07) is 10.3. The van der Waals surface area contributed by atoms with E-state index in [0.717, 1.165) is 25.0 Å². The van der Waals surface area contributed by atoms with Crippen molar-refractivity contribution in [2.75, 3.05) is 6.54 Å². The maximum Gasteiger partial charge on any atom is 0.161 e. The van der Waals surface area contributed by atoms with Gasteiger partial charge < -0.3 is 5.32 Å². The summed E-state index contributed by atoms with van der Waals surface area (Å²) in [5, 5.41) is 3.43. The molecule has 1 spiro atoms. The van der Waals surface area contributed by atoms with Crippen LogP contribution >= 0.6 is 0 Å². The molecule has 1 aliphatic heterocycles. The second-order valence-corrected chi connectivity index (χ2v) is 6.37. The molecule has 0 amide bonds. The molecule has 0 aromatic heterocycles. The molecule has 1 aliphatic carbocycles. The van der Waals surface area contributed by atoms with Gasteiger partial charge in [0.2, 0.25) is 0 Å². The predicted molar refractivity (Wildman–Crippen MR) is 81.4 cm³/mol. The maximum absolute atomic E-state index is 12.6. The van der Waals surface area contributed by atoms with Crippen molar-refractivity contribution < 1.29 is 4.79 Å². The molecule has 0 radical (unpaired) electrons. The zero-order chi connectivity index (χ0) is 13.8. The van der Waals surface area contributed by atoms with E-state index in [1.165, 1.54) is 37.7 Å². The molecule has 2 nitrogen and oxygen atoms in total. The minimum atomic E-state index is 0.226. The van der Waals surface area contributed by atoms with Crippen molar-refractivity contribution in [1.29, 1.82) is 0 Å². The van der Waals surface area contributed by atoms with Gasteiger partial charge in [-0.1, -0.05) is 49.6 Å². The maximum atomic E-state index is 12.6. The Kier molecular flexibility index (Phi) is 3.90. The molecular formula is C18H23NO. The number of hydrogen-bond acceptors (Lipinski definition) is 2. The first kappa shape index (κ1) is 13.4. The van der Waals surface area contributed by atoms with E-state index in [0.29, 0.717) is 5.78 Å². The third-order valence-electron chi connectivity index (χ3n) is 4.80. The fraction of sp³-hybridized carbons (Fsp3) is 0.500. The molecule has 0 unspecified atom stereocenters. The largest absolute Gasteiger partial charge is 0.390 e. The van der Waals surface area contributed by atoms with E-state index in [4.69, 9.17) is 0 Å². The van der Waals surface area contributed by atoms with Gasteiger partial charge in [0.05, 0.1) is 0 Å². The Morgan fingerprint density at radius 1 is 1.05 bits per heavy atom. The number of Topliss-reactive ketones (excluding diaryl/α,β-unsaturated/α-hetero) is 1. The molecule has 0 atom stereocenters. The molecule has 1 heterocycles. The molecule has 1 aromatic rings. The second kappa shape index (κ2) is 5.82. The third-order valence-corrected chi connectivity index (χ3v) is 4.80. The Balaban J connectivity index is 1.71. The van der Waals surface area contributed by atoms with E-state index in [1.54, 1.807) is 0 Å². The average Bonchev–Trinajstić information content (AvgIpc) is 2.61. The number of carbonyl (C=O) groups is 1. The highest BCUT2D eigenvalue weighted by atomic mass is 16.1. The third kappa shape index (κ3) is 2.95. The topological polar surface area (TPSA) is 29.1 Å². The number of benzene rings is 1. The van der Waals surface area contributed by atoms with E-state index in [-0.39, 0.29) is 5.41 Å². The highest BCUT2D eigenvalue weighted by Gasteiger charge is 2.36. The number of nitrogens with one attached hydrogen (secondary N) is 1. The summed E-state index contributed by atoms with van der Waals surface area (Å²) in [6.07, 6.45) is 9.77. The minimum Gasteiger partial charge on any atom is -0.390 e. The molecule has 0 saturated heterocycles. The molecule has 0 bridgehead atoms. The first-order chi connectivity index (χ1) is 9.77. The smallest absolute Gasteiger partial charge is 0.161 e. The van der Waals surface area contributed by atoms with Gasteiger partial charge in [-0.05, 0) is 23.8 Å². The fourth-order valence-electron chi connectivity index (χ4n) is 3.61. The summed E-state index contributed by atoms with van der Waals surface area (Å²) in [6.45, 7) is 0.969. The van der Waals surface area contributed by atoms with E-state index in [1.807, 2.05) is 24.4 Å². The number of carbonyl (C=O) groups excluding carboxylic acids is 1. The summed E-state index contributed by atoms with van der Waals surface area (Å²) in [5.41, 5.74) is 2.39. The Morgan fingerprint density at radius 2 is 1.80 bits per heavy atom. The summed E-state index contributed by atoms with van der Waals surface area (Å²) in [4.78, 5) is 12.6.